The van der Waals surface area contributed by atoms with Crippen molar-refractivity contribution < 1.29 is 14.0 Å². The van der Waals surface area contributed by atoms with Gasteiger partial charge in [0.2, 0.25) is 11.8 Å². The van der Waals surface area contributed by atoms with Crippen LogP contribution in [0.4, 0.5) is 4.39 Å². The number of amides is 2. The summed E-state index contributed by atoms with van der Waals surface area (Å²) in [5.41, 5.74) is 0.509. The fourth-order valence-corrected chi connectivity index (χ4v) is 4.61. The highest BCUT2D eigenvalue weighted by Crippen LogP contribution is 2.31. The first-order valence-corrected chi connectivity index (χ1v) is 11.0. The Morgan fingerprint density at radius 2 is 1.76 bits per heavy atom. The van der Waals surface area contributed by atoms with Gasteiger partial charge in [-0.1, -0.05) is 44.9 Å². The highest BCUT2D eigenvalue weighted by molar-refractivity contribution is 5.82. The van der Waals surface area contributed by atoms with Crippen LogP contribution in [0.5, 0.6) is 0 Å². The lowest BCUT2D eigenvalue weighted by atomic mass is 9.94. The van der Waals surface area contributed by atoms with E-state index in [-0.39, 0.29) is 30.2 Å². The van der Waals surface area contributed by atoms with Gasteiger partial charge in [-0.05, 0) is 30.7 Å². The van der Waals surface area contributed by atoms with Gasteiger partial charge in [0, 0.05) is 44.7 Å². The smallest absolute Gasteiger partial charge is 0.237 e. The maximum absolute atomic E-state index is 13.9. The Kier molecular flexibility index (Phi) is 7.64. The number of halogens is 1. The predicted molar refractivity (Wildman–Crippen MR) is 112 cm³/mol. The molecule has 1 saturated carbocycles. The molecule has 1 aromatic rings. The second kappa shape index (κ2) is 10.2. The summed E-state index contributed by atoms with van der Waals surface area (Å²) >= 11 is 0. The normalized spacial score (nSPS) is 19.5. The van der Waals surface area contributed by atoms with Gasteiger partial charge in [0.05, 0.1) is 6.04 Å². The van der Waals surface area contributed by atoms with E-state index >= 15 is 0 Å². The van der Waals surface area contributed by atoms with Crippen LogP contribution in [0, 0.1) is 17.7 Å². The van der Waals surface area contributed by atoms with Crippen LogP contribution in [0.3, 0.4) is 0 Å². The van der Waals surface area contributed by atoms with Crippen LogP contribution in [-0.4, -0.2) is 53.8 Å². The van der Waals surface area contributed by atoms with E-state index in [1.165, 1.54) is 6.07 Å². The van der Waals surface area contributed by atoms with Gasteiger partial charge in [-0.15, -0.1) is 0 Å². The van der Waals surface area contributed by atoms with Gasteiger partial charge in [-0.2, -0.15) is 0 Å². The second-order valence-corrected chi connectivity index (χ2v) is 8.81. The maximum atomic E-state index is 13.9. The van der Waals surface area contributed by atoms with Crippen LogP contribution in [0.25, 0.3) is 0 Å². The molecule has 1 aliphatic carbocycles. The number of carbonyl (C=O) groups excluding carboxylic acids is 2. The summed E-state index contributed by atoms with van der Waals surface area (Å²) in [4.78, 5) is 29.7. The number of nitrogens with one attached hydrogen (secondary N) is 1. The molecule has 1 aromatic carbocycles. The standard InChI is InChI=1S/C23H34FN3O2/c1-17(2)15-21(28)26-11-13-27(14-12-26)22(18-7-3-4-8-18)23(29)25-16-19-9-5-6-10-20(19)24/h5-6,9-10,17-18,22H,3-4,7-8,11-16H2,1-2H3,(H,25,29)/t22-/m1/s1. The third-order valence-electron chi connectivity index (χ3n) is 6.17. The lowest BCUT2D eigenvalue weighted by molar-refractivity contribution is -0.136. The van der Waals surface area contributed by atoms with Crippen LogP contribution < -0.4 is 5.32 Å². The second-order valence-electron chi connectivity index (χ2n) is 8.81. The van der Waals surface area contributed by atoms with E-state index in [1.807, 2.05) is 4.90 Å². The monoisotopic (exact) mass is 403 g/mol. The zero-order valence-electron chi connectivity index (χ0n) is 17.7. The van der Waals surface area contributed by atoms with Crippen molar-refractivity contribution in [3.63, 3.8) is 0 Å². The molecule has 160 valence electrons. The number of benzene rings is 1. The lowest BCUT2D eigenvalue weighted by Crippen LogP contribution is -2.58. The molecule has 1 aliphatic heterocycles. The minimum Gasteiger partial charge on any atom is -0.351 e. The number of carbonyl (C=O) groups is 2. The van der Waals surface area contributed by atoms with Crippen LogP contribution in [0.15, 0.2) is 24.3 Å². The molecular weight excluding hydrogens is 369 g/mol. The first kappa shape index (κ1) is 21.8. The van der Waals surface area contributed by atoms with E-state index in [4.69, 9.17) is 0 Å². The highest BCUT2D eigenvalue weighted by atomic mass is 19.1. The van der Waals surface area contributed by atoms with Crippen molar-refractivity contribution in [2.45, 2.75) is 58.5 Å². The SMILES string of the molecule is CC(C)CC(=O)N1CCN([C@@H](C(=O)NCc2ccccc2F)C2CCCC2)CC1. The molecule has 0 aromatic heterocycles. The molecule has 0 bridgehead atoms. The molecule has 0 spiro atoms. The van der Waals surface area contributed by atoms with Crippen LogP contribution in [-0.2, 0) is 16.1 Å². The molecule has 3 rings (SSSR count). The van der Waals surface area contributed by atoms with Gasteiger partial charge in [0.1, 0.15) is 5.82 Å². The van der Waals surface area contributed by atoms with Gasteiger partial charge in [0.15, 0.2) is 0 Å². The van der Waals surface area contributed by atoms with E-state index in [0.717, 1.165) is 38.8 Å². The molecular formula is C23H34FN3O2. The van der Waals surface area contributed by atoms with Gasteiger partial charge in [-0.25, -0.2) is 4.39 Å². The third-order valence-corrected chi connectivity index (χ3v) is 6.17. The number of rotatable bonds is 7. The molecule has 2 fully saturated rings. The summed E-state index contributed by atoms with van der Waals surface area (Å²) in [5, 5.41) is 2.97. The topological polar surface area (TPSA) is 52.7 Å². The lowest BCUT2D eigenvalue weighted by Gasteiger charge is -2.41. The number of piperazine rings is 1. The van der Waals surface area contributed by atoms with Gasteiger partial charge >= 0.3 is 0 Å². The molecule has 5 nitrogen and oxygen atoms in total. The fourth-order valence-electron chi connectivity index (χ4n) is 4.61. The maximum Gasteiger partial charge on any atom is 0.237 e. The summed E-state index contributed by atoms with van der Waals surface area (Å²) in [6, 6.07) is 6.38. The van der Waals surface area contributed by atoms with Crippen molar-refractivity contribution in [2.24, 2.45) is 11.8 Å². The first-order valence-electron chi connectivity index (χ1n) is 11.0. The number of hydrogen-bond acceptors (Lipinski definition) is 3. The average Bonchev–Trinajstić information content (AvgIpc) is 3.22. The highest BCUT2D eigenvalue weighted by Gasteiger charge is 2.37. The van der Waals surface area contributed by atoms with Gasteiger partial charge < -0.3 is 10.2 Å². The Hall–Kier alpha value is -1.95. The van der Waals surface area contributed by atoms with E-state index in [0.29, 0.717) is 36.9 Å². The molecule has 0 radical (unpaired) electrons. The Bertz CT molecular complexity index is 695. The fraction of sp³-hybridized carbons (Fsp3) is 0.652. The Balaban J connectivity index is 1.61. The largest absolute Gasteiger partial charge is 0.351 e. The van der Waals surface area contributed by atoms with Gasteiger partial charge in [-0.3, -0.25) is 14.5 Å². The third kappa shape index (κ3) is 5.78. The number of hydrogen-bond donors (Lipinski definition) is 1. The molecule has 2 aliphatic rings. The van der Waals surface area contributed by atoms with Gasteiger partial charge in [0.25, 0.3) is 0 Å². The summed E-state index contributed by atoms with van der Waals surface area (Å²) < 4.78 is 13.9. The molecule has 1 heterocycles. The van der Waals surface area contributed by atoms with E-state index < -0.39 is 0 Å². The number of nitrogens with zero attached hydrogens (tertiary/aromatic N) is 2. The van der Waals surface area contributed by atoms with Crippen molar-refractivity contribution in [3.05, 3.63) is 35.6 Å². The molecule has 29 heavy (non-hydrogen) atoms. The van der Waals surface area contributed by atoms with Crippen molar-refractivity contribution in [3.8, 4) is 0 Å². The zero-order chi connectivity index (χ0) is 20.8. The quantitative estimate of drug-likeness (QED) is 0.761. The van der Waals surface area contributed by atoms with Crippen molar-refractivity contribution in [1.29, 1.82) is 0 Å². The summed E-state index contributed by atoms with van der Waals surface area (Å²) in [7, 11) is 0. The van der Waals surface area contributed by atoms with Crippen LogP contribution in [0.2, 0.25) is 0 Å². The van der Waals surface area contributed by atoms with E-state index in [1.54, 1.807) is 18.2 Å². The first-order chi connectivity index (χ1) is 14.0. The van der Waals surface area contributed by atoms with Crippen molar-refractivity contribution >= 4 is 11.8 Å². The van der Waals surface area contributed by atoms with Crippen LogP contribution >= 0.6 is 0 Å². The molecule has 1 N–H and O–H groups in total. The van der Waals surface area contributed by atoms with E-state index in [9.17, 15) is 14.0 Å². The molecule has 1 saturated heterocycles. The summed E-state index contributed by atoms with van der Waals surface area (Å²) in [5.74, 6) is 0.607. The summed E-state index contributed by atoms with van der Waals surface area (Å²) in [6.45, 7) is 7.12. The summed E-state index contributed by atoms with van der Waals surface area (Å²) in [6.07, 6.45) is 5.02. The molecule has 2 amide bonds. The minimum absolute atomic E-state index is 0.0119. The van der Waals surface area contributed by atoms with Crippen LogP contribution in [0.1, 0.15) is 51.5 Å². The van der Waals surface area contributed by atoms with E-state index in [2.05, 4.69) is 24.1 Å². The molecule has 6 heteroatoms. The zero-order valence-corrected chi connectivity index (χ0v) is 17.7. The Morgan fingerprint density at radius 3 is 2.38 bits per heavy atom. The predicted octanol–water partition coefficient (Wildman–Crippen LogP) is 3.19. The molecule has 0 unspecified atom stereocenters. The Morgan fingerprint density at radius 1 is 1.10 bits per heavy atom. The average molecular weight is 404 g/mol. The van der Waals surface area contributed by atoms with Crippen molar-refractivity contribution in [1.82, 2.24) is 15.1 Å². The minimum atomic E-state index is -0.289. The molecule has 1 atom stereocenters. The van der Waals surface area contributed by atoms with Crippen molar-refractivity contribution in [2.75, 3.05) is 26.2 Å². The Labute approximate surface area is 173 Å².